The summed E-state index contributed by atoms with van der Waals surface area (Å²) in [7, 11) is -1.77. The standard InChI is InChI=1S/C30H54O4Si/c1-20(19-34-35(7,8)27(2,3)4)22-9-10-23-26-24(11-12-29(22,23)6)28(5)13-14-30(32-15-16-33-30)18-21(28)17-25(26)31/h20-26,31H,9-19H2,1-8H3/t20-,21+,22-,23?,24?,25-,26?,28+,29-/m1/s1/i25D. The smallest absolute Gasteiger partial charge is 0.191 e. The SMILES string of the molecule is [2H][C@@]1(O)C[C@H]2CC3(CC[C@]2(C)C2CC[C@@]4(C)C(CC[C@@H]4[C@H](C)CO[Si](C)(C)C(C)(C)C)C21)OCCO3. The molecule has 0 aromatic rings. The van der Waals surface area contributed by atoms with Crippen molar-refractivity contribution < 1.29 is 20.4 Å². The third kappa shape index (κ3) is 4.22. The first-order valence-electron chi connectivity index (χ1n) is 15.2. The molecule has 1 aliphatic heterocycles. The van der Waals surface area contributed by atoms with Crippen LogP contribution in [0.3, 0.4) is 0 Å². The summed E-state index contributed by atoms with van der Waals surface area (Å²) in [5.41, 5.74) is 0.373. The summed E-state index contributed by atoms with van der Waals surface area (Å²) in [6, 6.07) is 0. The highest BCUT2D eigenvalue weighted by molar-refractivity contribution is 6.74. The zero-order valence-electron chi connectivity index (χ0n) is 24.9. The number of rotatable bonds is 4. The minimum atomic E-state index is -1.77. The molecule has 5 rings (SSSR count). The molecule has 1 heterocycles. The highest BCUT2D eigenvalue weighted by atomic mass is 28.4. The number of aliphatic hydroxyl groups is 1. The normalized spacial score (nSPS) is 48.7. The Bertz CT molecular complexity index is 833. The number of hydrogen-bond acceptors (Lipinski definition) is 4. The van der Waals surface area contributed by atoms with E-state index in [2.05, 4.69) is 54.6 Å². The van der Waals surface area contributed by atoms with Crippen LogP contribution in [0.15, 0.2) is 0 Å². The number of hydrogen-bond donors (Lipinski definition) is 1. The number of fused-ring (bicyclic) bond motifs is 5. The molecule has 0 bridgehead atoms. The van der Waals surface area contributed by atoms with Crippen molar-refractivity contribution in [1.29, 1.82) is 0 Å². The van der Waals surface area contributed by atoms with Gasteiger partial charge in [-0.3, -0.25) is 0 Å². The Labute approximate surface area is 217 Å². The van der Waals surface area contributed by atoms with E-state index in [1.165, 1.54) is 12.8 Å². The largest absolute Gasteiger partial charge is 0.417 e. The number of ether oxygens (including phenoxy) is 2. The van der Waals surface area contributed by atoms with E-state index in [9.17, 15) is 6.48 Å². The molecule has 0 aromatic carbocycles. The van der Waals surface area contributed by atoms with Gasteiger partial charge in [0.25, 0.3) is 0 Å². The Morgan fingerprint density at radius 2 is 1.69 bits per heavy atom. The van der Waals surface area contributed by atoms with Crippen LogP contribution in [-0.2, 0) is 13.9 Å². The minimum absolute atomic E-state index is 0.0791. The van der Waals surface area contributed by atoms with Crippen LogP contribution in [0, 0.1) is 46.3 Å². The lowest BCUT2D eigenvalue weighted by Crippen LogP contribution is -2.60. The summed E-state index contributed by atoms with van der Waals surface area (Å²) in [4.78, 5) is 0. The van der Waals surface area contributed by atoms with E-state index in [1.54, 1.807) is 0 Å². The molecule has 0 radical (unpaired) electrons. The lowest BCUT2D eigenvalue weighted by Gasteiger charge is -2.63. The van der Waals surface area contributed by atoms with Gasteiger partial charge in [-0.1, -0.05) is 41.5 Å². The zero-order valence-corrected chi connectivity index (χ0v) is 24.9. The van der Waals surface area contributed by atoms with Crippen LogP contribution in [0.4, 0.5) is 0 Å². The Hall–Kier alpha value is 0.0569. The van der Waals surface area contributed by atoms with E-state index < -0.39 is 20.2 Å². The van der Waals surface area contributed by atoms with E-state index in [1.807, 2.05) is 0 Å². The lowest BCUT2D eigenvalue weighted by atomic mass is 9.43. The first-order chi connectivity index (χ1) is 16.5. The maximum Gasteiger partial charge on any atom is 0.191 e. The quantitative estimate of drug-likeness (QED) is 0.416. The molecule has 35 heavy (non-hydrogen) atoms. The molecule has 9 atom stereocenters. The second-order valence-corrected chi connectivity index (χ2v) is 20.0. The Morgan fingerprint density at radius 1 is 1.03 bits per heavy atom. The van der Waals surface area contributed by atoms with Crippen LogP contribution >= 0.6 is 0 Å². The average molecular weight is 508 g/mol. The van der Waals surface area contributed by atoms with Gasteiger partial charge in [-0.15, -0.1) is 0 Å². The molecule has 5 heteroatoms. The molecule has 3 unspecified atom stereocenters. The predicted octanol–water partition coefficient (Wildman–Crippen LogP) is 7.02. The summed E-state index contributed by atoms with van der Waals surface area (Å²) < 4.78 is 28.2. The van der Waals surface area contributed by atoms with E-state index in [4.69, 9.17) is 13.9 Å². The molecule has 0 aromatic heterocycles. The molecule has 4 nitrogen and oxygen atoms in total. The molecule has 5 aliphatic rings. The molecular weight excluding hydrogens is 452 g/mol. The Kier molecular flexibility index (Phi) is 6.37. The molecule has 1 spiro atoms. The van der Waals surface area contributed by atoms with Gasteiger partial charge in [0.2, 0.25) is 0 Å². The van der Waals surface area contributed by atoms with Gasteiger partial charge in [0.1, 0.15) is 0 Å². The van der Waals surface area contributed by atoms with E-state index in [0.717, 1.165) is 38.7 Å². The van der Waals surface area contributed by atoms with Crippen molar-refractivity contribution in [3.8, 4) is 0 Å². The van der Waals surface area contributed by atoms with Gasteiger partial charge < -0.3 is 19.0 Å². The molecule has 1 N–H and O–H groups in total. The zero-order chi connectivity index (χ0) is 26.4. The van der Waals surface area contributed by atoms with Crippen molar-refractivity contribution in [3.63, 3.8) is 0 Å². The second kappa shape index (κ2) is 8.79. The third-order valence-electron chi connectivity index (χ3n) is 12.6. The van der Waals surface area contributed by atoms with Crippen molar-refractivity contribution >= 4 is 8.32 Å². The molecule has 1 saturated heterocycles. The molecular formula is C30H54O4Si. The summed E-state index contributed by atoms with van der Waals surface area (Å²) in [6.45, 7) is 21.3. The molecule has 202 valence electrons. The van der Waals surface area contributed by atoms with E-state index >= 15 is 0 Å². The summed E-state index contributed by atoms with van der Waals surface area (Å²) >= 11 is 0. The van der Waals surface area contributed by atoms with Crippen molar-refractivity contribution in [2.45, 2.75) is 123 Å². The van der Waals surface area contributed by atoms with Gasteiger partial charge in [0, 0.05) is 19.4 Å². The van der Waals surface area contributed by atoms with Crippen LogP contribution in [-0.4, -0.2) is 45.1 Å². The Balaban J connectivity index is 1.34. The lowest BCUT2D eigenvalue weighted by molar-refractivity contribution is -0.243. The molecule has 5 fully saturated rings. The fraction of sp³-hybridized carbons (Fsp3) is 1.00. The summed E-state index contributed by atoms with van der Waals surface area (Å²) in [5, 5.41) is 12.0. The van der Waals surface area contributed by atoms with Crippen LogP contribution in [0.2, 0.25) is 18.1 Å². The van der Waals surface area contributed by atoms with Crippen molar-refractivity contribution in [1.82, 2.24) is 0 Å². The highest BCUT2D eigenvalue weighted by Gasteiger charge is 2.64. The van der Waals surface area contributed by atoms with Gasteiger partial charge in [0.05, 0.1) is 20.7 Å². The van der Waals surface area contributed by atoms with Gasteiger partial charge in [-0.2, -0.15) is 0 Å². The minimum Gasteiger partial charge on any atom is -0.417 e. The fourth-order valence-electron chi connectivity index (χ4n) is 9.31. The van der Waals surface area contributed by atoms with Crippen LogP contribution in [0.1, 0.15) is 94.3 Å². The third-order valence-corrected chi connectivity index (χ3v) is 17.1. The highest BCUT2D eigenvalue weighted by Crippen LogP contribution is 2.69. The van der Waals surface area contributed by atoms with Crippen molar-refractivity contribution in [3.05, 3.63) is 0 Å². The molecule has 0 amide bonds. The van der Waals surface area contributed by atoms with Gasteiger partial charge in [-0.05, 0) is 103 Å². The Morgan fingerprint density at radius 3 is 2.34 bits per heavy atom. The van der Waals surface area contributed by atoms with Crippen LogP contribution < -0.4 is 0 Å². The summed E-state index contributed by atoms with van der Waals surface area (Å²) in [5.74, 6) is 1.92. The second-order valence-electron chi connectivity index (χ2n) is 15.2. The van der Waals surface area contributed by atoms with Gasteiger partial charge in [-0.25, -0.2) is 0 Å². The first kappa shape index (κ1) is 25.3. The van der Waals surface area contributed by atoms with Crippen molar-refractivity contribution in [2.24, 2.45) is 46.3 Å². The molecule has 4 aliphatic carbocycles. The summed E-state index contributed by atoms with van der Waals surface area (Å²) in [6.07, 6.45) is 6.87. The topological polar surface area (TPSA) is 47.9 Å². The van der Waals surface area contributed by atoms with Crippen LogP contribution in [0.25, 0.3) is 0 Å². The van der Waals surface area contributed by atoms with Gasteiger partial charge in [0.15, 0.2) is 14.1 Å². The first-order valence-corrected chi connectivity index (χ1v) is 17.6. The van der Waals surface area contributed by atoms with Crippen molar-refractivity contribution in [2.75, 3.05) is 19.8 Å². The average Bonchev–Trinajstić information content (AvgIpc) is 3.36. The fourth-order valence-corrected chi connectivity index (χ4v) is 10.4. The monoisotopic (exact) mass is 507 g/mol. The predicted molar refractivity (Wildman–Crippen MR) is 144 cm³/mol. The van der Waals surface area contributed by atoms with E-state index in [0.29, 0.717) is 49.2 Å². The van der Waals surface area contributed by atoms with E-state index in [-0.39, 0.29) is 21.8 Å². The van der Waals surface area contributed by atoms with Crippen LogP contribution in [0.5, 0.6) is 0 Å². The maximum atomic E-state index is 11.8. The molecule has 4 saturated carbocycles. The maximum absolute atomic E-state index is 11.8. The van der Waals surface area contributed by atoms with Gasteiger partial charge >= 0.3 is 0 Å².